The van der Waals surface area contributed by atoms with Crippen molar-refractivity contribution in [2.24, 2.45) is 0 Å². The molecule has 0 unspecified atom stereocenters. The molecular formula is C26H22N2O4. The summed E-state index contributed by atoms with van der Waals surface area (Å²) in [6.07, 6.45) is 0. The van der Waals surface area contributed by atoms with Crippen LogP contribution >= 0.6 is 0 Å². The van der Waals surface area contributed by atoms with Gasteiger partial charge in [0.05, 0.1) is 0 Å². The quantitative estimate of drug-likeness (QED) is 0.281. The number of fused-ring (bicyclic) bond motifs is 1. The van der Waals surface area contributed by atoms with E-state index in [9.17, 15) is 19.8 Å². The van der Waals surface area contributed by atoms with E-state index >= 15 is 0 Å². The molecule has 0 aliphatic rings. The predicted octanol–water partition coefficient (Wildman–Crippen LogP) is 4.49. The van der Waals surface area contributed by atoms with Crippen LogP contribution in [0.4, 0.5) is 11.4 Å². The van der Waals surface area contributed by atoms with E-state index in [1.807, 2.05) is 26.0 Å². The van der Waals surface area contributed by atoms with Gasteiger partial charge in [0.2, 0.25) is 0 Å². The number of nitrogen functional groups attached to an aromatic ring is 2. The van der Waals surface area contributed by atoms with Gasteiger partial charge in [-0.15, -0.1) is 0 Å². The van der Waals surface area contributed by atoms with E-state index in [1.165, 1.54) is 36.4 Å². The summed E-state index contributed by atoms with van der Waals surface area (Å²) in [6, 6.07) is 15.7. The molecule has 0 aromatic heterocycles. The Kier molecular flexibility index (Phi) is 5.06. The molecule has 0 aliphatic heterocycles. The summed E-state index contributed by atoms with van der Waals surface area (Å²) in [5, 5.41) is 20.5. The maximum absolute atomic E-state index is 13.4. The second kappa shape index (κ2) is 7.74. The maximum Gasteiger partial charge on any atom is 0.195 e. The maximum atomic E-state index is 13.4. The van der Waals surface area contributed by atoms with Gasteiger partial charge in [0.1, 0.15) is 11.5 Å². The highest BCUT2D eigenvalue weighted by Crippen LogP contribution is 2.33. The molecule has 0 bridgehead atoms. The van der Waals surface area contributed by atoms with Crippen molar-refractivity contribution in [2.45, 2.75) is 13.8 Å². The Morgan fingerprint density at radius 1 is 0.625 bits per heavy atom. The Morgan fingerprint density at radius 2 is 1.00 bits per heavy atom. The number of carbonyl (C=O) groups excluding carboxylic acids is 2. The molecule has 0 amide bonds. The van der Waals surface area contributed by atoms with Gasteiger partial charge < -0.3 is 21.7 Å². The number of phenols is 2. The summed E-state index contributed by atoms with van der Waals surface area (Å²) < 4.78 is 0. The van der Waals surface area contributed by atoms with Gasteiger partial charge in [-0.2, -0.15) is 0 Å². The minimum absolute atomic E-state index is 0.0244. The highest BCUT2D eigenvalue weighted by Gasteiger charge is 2.23. The number of hydrogen-bond acceptors (Lipinski definition) is 6. The zero-order chi connectivity index (χ0) is 23.2. The number of rotatable bonds is 4. The molecule has 0 radical (unpaired) electrons. The molecule has 32 heavy (non-hydrogen) atoms. The van der Waals surface area contributed by atoms with E-state index in [2.05, 4.69) is 0 Å². The summed E-state index contributed by atoms with van der Waals surface area (Å²) in [7, 11) is 0. The third kappa shape index (κ3) is 3.41. The molecule has 0 heterocycles. The summed E-state index contributed by atoms with van der Waals surface area (Å²) in [5.74, 6) is -0.638. The lowest BCUT2D eigenvalue weighted by Crippen LogP contribution is -2.11. The molecule has 0 atom stereocenters. The molecule has 0 aliphatic carbocycles. The van der Waals surface area contributed by atoms with Crippen LogP contribution in [-0.4, -0.2) is 21.8 Å². The zero-order valence-corrected chi connectivity index (χ0v) is 17.6. The molecular weight excluding hydrogens is 404 g/mol. The average molecular weight is 426 g/mol. The molecule has 6 heteroatoms. The lowest BCUT2D eigenvalue weighted by Gasteiger charge is -2.16. The van der Waals surface area contributed by atoms with E-state index in [4.69, 9.17) is 11.5 Å². The fourth-order valence-corrected chi connectivity index (χ4v) is 4.01. The van der Waals surface area contributed by atoms with E-state index in [0.717, 1.165) is 11.1 Å². The summed E-state index contributed by atoms with van der Waals surface area (Å²) in [6.45, 7) is 3.64. The molecule has 6 N–H and O–H groups in total. The van der Waals surface area contributed by atoms with Gasteiger partial charge in [-0.3, -0.25) is 9.59 Å². The van der Waals surface area contributed by atoms with Crippen molar-refractivity contribution < 1.29 is 19.8 Å². The van der Waals surface area contributed by atoms with Gasteiger partial charge >= 0.3 is 0 Å². The highest BCUT2D eigenvalue weighted by molar-refractivity contribution is 6.24. The number of hydrogen-bond donors (Lipinski definition) is 4. The fourth-order valence-electron chi connectivity index (χ4n) is 4.01. The Bertz CT molecular complexity index is 1310. The van der Waals surface area contributed by atoms with Crippen LogP contribution in [0.3, 0.4) is 0 Å². The molecule has 0 spiro atoms. The van der Waals surface area contributed by atoms with Gasteiger partial charge in [-0.25, -0.2) is 0 Å². The molecule has 160 valence electrons. The topological polar surface area (TPSA) is 127 Å². The van der Waals surface area contributed by atoms with E-state index < -0.39 is 0 Å². The molecule has 4 rings (SSSR count). The third-order valence-corrected chi connectivity index (χ3v) is 5.63. The van der Waals surface area contributed by atoms with Crippen molar-refractivity contribution in [3.05, 3.63) is 94.0 Å². The van der Waals surface area contributed by atoms with Crippen molar-refractivity contribution in [3.8, 4) is 11.5 Å². The number of phenolic OH excluding ortho intramolecular Hbond substituents is 2. The molecule has 4 aromatic rings. The van der Waals surface area contributed by atoms with Gasteiger partial charge in [-0.1, -0.05) is 24.3 Å². The lowest BCUT2D eigenvalue weighted by molar-refractivity contribution is 0.103. The Labute approximate surface area is 184 Å². The number of benzene rings is 4. The summed E-state index contributed by atoms with van der Waals surface area (Å²) >= 11 is 0. The summed E-state index contributed by atoms with van der Waals surface area (Å²) in [5.41, 5.74) is 15.2. The minimum Gasteiger partial charge on any atom is -0.508 e. The first-order valence-electron chi connectivity index (χ1n) is 9.98. The van der Waals surface area contributed by atoms with Crippen molar-refractivity contribution >= 4 is 33.7 Å². The predicted molar refractivity (Wildman–Crippen MR) is 125 cm³/mol. The van der Waals surface area contributed by atoms with Crippen LogP contribution in [0.15, 0.2) is 60.7 Å². The monoisotopic (exact) mass is 426 g/mol. The first-order valence-corrected chi connectivity index (χ1v) is 9.98. The standard InChI is InChI=1S/C26H22N2O4/c1-13-3-7-18-17(23(13)25(31)19-9-5-15(29)11-21(19)27)8-4-14(2)24(18)26(32)20-10-6-16(30)12-22(20)28/h3-12,29-30H,27-28H2,1-2H3. The van der Waals surface area contributed by atoms with E-state index in [0.29, 0.717) is 21.9 Å². The Hall–Kier alpha value is -4.32. The van der Waals surface area contributed by atoms with Crippen LogP contribution in [-0.2, 0) is 0 Å². The molecule has 6 nitrogen and oxygen atoms in total. The van der Waals surface area contributed by atoms with Crippen LogP contribution in [0.1, 0.15) is 43.0 Å². The number of aryl methyl sites for hydroxylation is 2. The fraction of sp³-hybridized carbons (Fsp3) is 0.0769. The second-order valence-corrected chi connectivity index (χ2v) is 7.81. The van der Waals surface area contributed by atoms with Crippen LogP contribution in [0.25, 0.3) is 10.8 Å². The first-order chi connectivity index (χ1) is 15.2. The van der Waals surface area contributed by atoms with Crippen molar-refractivity contribution in [3.63, 3.8) is 0 Å². The number of carbonyl (C=O) groups is 2. The average Bonchev–Trinajstić information content (AvgIpc) is 2.73. The zero-order valence-electron chi connectivity index (χ0n) is 17.6. The van der Waals surface area contributed by atoms with Crippen LogP contribution in [0.5, 0.6) is 11.5 Å². The number of aromatic hydroxyl groups is 2. The van der Waals surface area contributed by atoms with Crippen LogP contribution in [0.2, 0.25) is 0 Å². The molecule has 0 fully saturated rings. The second-order valence-electron chi connectivity index (χ2n) is 7.81. The Balaban J connectivity index is 1.95. The molecule has 0 saturated heterocycles. The van der Waals surface area contributed by atoms with Crippen LogP contribution < -0.4 is 11.5 Å². The normalized spacial score (nSPS) is 10.9. The SMILES string of the molecule is Cc1ccc2c(C(=O)c3ccc(O)cc3N)c(C)ccc2c1C(=O)c1ccc(O)cc1N. The third-order valence-electron chi connectivity index (χ3n) is 5.63. The number of anilines is 2. The van der Waals surface area contributed by atoms with E-state index in [-0.39, 0.29) is 45.6 Å². The number of nitrogens with two attached hydrogens (primary N) is 2. The smallest absolute Gasteiger partial charge is 0.195 e. The van der Waals surface area contributed by atoms with Crippen molar-refractivity contribution in [1.29, 1.82) is 0 Å². The van der Waals surface area contributed by atoms with Gasteiger partial charge in [0.15, 0.2) is 11.6 Å². The van der Waals surface area contributed by atoms with Crippen molar-refractivity contribution in [1.82, 2.24) is 0 Å². The lowest BCUT2D eigenvalue weighted by atomic mass is 9.87. The summed E-state index contributed by atoms with van der Waals surface area (Å²) in [4.78, 5) is 26.9. The first kappa shape index (κ1) is 20.9. The van der Waals surface area contributed by atoms with Crippen LogP contribution in [0, 0.1) is 13.8 Å². The molecule has 4 aromatic carbocycles. The highest BCUT2D eigenvalue weighted by atomic mass is 16.3. The van der Waals surface area contributed by atoms with Gasteiger partial charge in [0, 0.05) is 45.8 Å². The minimum atomic E-state index is -0.294. The van der Waals surface area contributed by atoms with Crippen molar-refractivity contribution in [2.75, 3.05) is 11.5 Å². The molecule has 0 saturated carbocycles. The van der Waals surface area contributed by atoms with E-state index in [1.54, 1.807) is 12.1 Å². The van der Waals surface area contributed by atoms with Gasteiger partial charge in [-0.05, 0) is 60.0 Å². The Morgan fingerprint density at radius 3 is 1.34 bits per heavy atom. The number of ketones is 2. The largest absolute Gasteiger partial charge is 0.508 e. The van der Waals surface area contributed by atoms with Gasteiger partial charge in [0.25, 0.3) is 0 Å².